The van der Waals surface area contributed by atoms with Crippen molar-refractivity contribution in [3.63, 3.8) is 0 Å². The summed E-state index contributed by atoms with van der Waals surface area (Å²) < 4.78 is 22.8. The Morgan fingerprint density at radius 3 is 2.18 bits per heavy atom. The predicted octanol–water partition coefficient (Wildman–Crippen LogP) is 2.60. The fourth-order valence-corrected chi connectivity index (χ4v) is 4.13. The number of benzene rings is 3. The van der Waals surface area contributed by atoms with Gasteiger partial charge in [0.1, 0.15) is 0 Å². The summed E-state index contributed by atoms with van der Waals surface area (Å²) in [6.45, 7) is 1.81. The SMILES string of the molecule is CC(=O)c1ccc(-c2ccc3c(c2)/C(=C/NCc2ccc(S(N)(=O)=O)cc2)C(=O)NC3=O)cc1. The zero-order chi connectivity index (χ0) is 24.5. The number of Topliss-reactive ketones (excluding diaryl/α,β-unsaturated/α-hetero) is 1. The topological polar surface area (TPSA) is 135 Å². The maximum Gasteiger partial charge on any atom is 0.260 e. The van der Waals surface area contributed by atoms with E-state index in [0.29, 0.717) is 23.2 Å². The summed E-state index contributed by atoms with van der Waals surface area (Å²) in [6, 6.07) is 18.4. The maximum absolute atomic E-state index is 12.6. The van der Waals surface area contributed by atoms with E-state index >= 15 is 0 Å². The van der Waals surface area contributed by atoms with Crippen LogP contribution in [0, 0.1) is 0 Å². The van der Waals surface area contributed by atoms with E-state index in [1.54, 1.807) is 42.5 Å². The standard InChI is InChI=1S/C25H21N3O5S/c1-15(29)17-4-6-18(7-5-17)19-8-11-21-22(12-19)23(25(31)28-24(21)30)14-27-13-16-2-9-20(10-3-16)34(26,32)33/h2-12,14,27H,13H2,1H3,(H2,26,32,33)(H,28,30,31)/b23-14-. The summed E-state index contributed by atoms with van der Waals surface area (Å²) in [4.78, 5) is 36.5. The first-order chi connectivity index (χ1) is 16.1. The molecule has 172 valence electrons. The second-order valence-corrected chi connectivity index (χ2v) is 9.37. The van der Waals surface area contributed by atoms with Crippen LogP contribution < -0.4 is 15.8 Å². The monoisotopic (exact) mass is 475 g/mol. The van der Waals surface area contributed by atoms with Gasteiger partial charge < -0.3 is 5.32 Å². The third kappa shape index (κ3) is 4.80. The van der Waals surface area contributed by atoms with Crippen molar-refractivity contribution < 1.29 is 22.8 Å². The minimum atomic E-state index is -3.77. The first kappa shape index (κ1) is 23.1. The van der Waals surface area contributed by atoms with Crippen LogP contribution in [-0.2, 0) is 21.4 Å². The number of ketones is 1. The number of imide groups is 1. The zero-order valence-electron chi connectivity index (χ0n) is 18.2. The van der Waals surface area contributed by atoms with Crippen LogP contribution in [0.4, 0.5) is 0 Å². The number of rotatable bonds is 6. The Labute approximate surface area is 196 Å². The second kappa shape index (κ2) is 9.05. The molecule has 0 saturated heterocycles. The lowest BCUT2D eigenvalue weighted by molar-refractivity contribution is -0.114. The van der Waals surface area contributed by atoms with E-state index in [-0.39, 0.29) is 16.3 Å². The van der Waals surface area contributed by atoms with Crippen molar-refractivity contribution in [2.24, 2.45) is 5.14 Å². The minimum Gasteiger partial charge on any atom is -0.386 e. The molecule has 0 bridgehead atoms. The van der Waals surface area contributed by atoms with Crippen LogP contribution in [0.5, 0.6) is 0 Å². The summed E-state index contributed by atoms with van der Waals surface area (Å²) in [5.41, 5.74) is 4.15. The number of hydrogen-bond acceptors (Lipinski definition) is 6. The van der Waals surface area contributed by atoms with E-state index in [9.17, 15) is 22.8 Å². The molecule has 0 aromatic heterocycles. The van der Waals surface area contributed by atoms with Gasteiger partial charge in [-0.3, -0.25) is 19.7 Å². The van der Waals surface area contributed by atoms with Crippen molar-refractivity contribution in [1.82, 2.24) is 10.6 Å². The van der Waals surface area contributed by atoms with E-state index < -0.39 is 21.8 Å². The molecule has 34 heavy (non-hydrogen) atoms. The van der Waals surface area contributed by atoms with Crippen LogP contribution in [0.15, 0.2) is 77.8 Å². The number of primary sulfonamides is 1. The van der Waals surface area contributed by atoms with Gasteiger partial charge >= 0.3 is 0 Å². The highest BCUT2D eigenvalue weighted by Gasteiger charge is 2.27. The molecule has 8 nitrogen and oxygen atoms in total. The van der Waals surface area contributed by atoms with Crippen molar-refractivity contribution >= 4 is 33.2 Å². The van der Waals surface area contributed by atoms with Crippen molar-refractivity contribution in [2.75, 3.05) is 0 Å². The number of carbonyl (C=O) groups excluding carboxylic acids is 3. The molecule has 1 aliphatic rings. The summed E-state index contributed by atoms with van der Waals surface area (Å²) in [6.07, 6.45) is 1.52. The van der Waals surface area contributed by atoms with Gasteiger partial charge in [-0.2, -0.15) is 0 Å². The summed E-state index contributed by atoms with van der Waals surface area (Å²) in [5, 5.41) is 10.5. The molecule has 0 unspecified atom stereocenters. The Balaban J connectivity index is 1.61. The third-order valence-corrected chi connectivity index (χ3v) is 6.38. The molecule has 3 aromatic rings. The molecule has 0 fully saturated rings. The Bertz CT molecular complexity index is 1440. The predicted molar refractivity (Wildman–Crippen MR) is 127 cm³/mol. The normalized spacial score (nSPS) is 14.5. The first-order valence-electron chi connectivity index (χ1n) is 10.3. The second-order valence-electron chi connectivity index (χ2n) is 7.81. The van der Waals surface area contributed by atoms with Crippen molar-refractivity contribution in [2.45, 2.75) is 18.4 Å². The van der Waals surface area contributed by atoms with E-state index in [1.807, 2.05) is 12.1 Å². The summed E-state index contributed by atoms with van der Waals surface area (Å²) >= 11 is 0. The number of fused-ring (bicyclic) bond motifs is 1. The third-order valence-electron chi connectivity index (χ3n) is 5.46. The molecule has 0 spiro atoms. The molecule has 0 aliphatic carbocycles. The van der Waals surface area contributed by atoms with E-state index in [0.717, 1.165) is 16.7 Å². The smallest absolute Gasteiger partial charge is 0.260 e. The van der Waals surface area contributed by atoms with Crippen LogP contribution in [0.25, 0.3) is 16.7 Å². The molecule has 0 saturated carbocycles. The van der Waals surface area contributed by atoms with Crippen molar-refractivity contribution in [3.8, 4) is 11.1 Å². The molecule has 4 rings (SSSR count). The highest BCUT2D eigenvalue weighted by molar-refractivity contribution is 7.89. The molecule has 9 heteroatoms. The fraction of sp³-hybridized carbons (Fsp3) is 0.0800. The number of nitrogens with one attached hydrogen (secondary N) is 2. The van der Waals surface area contributed by atoms with Crippen LogP contribution >= 0.6 is 0 Å². The van der Waals surface area contributed by atoms with Gasteiger partial charge in [0.2, 0.25) is 10.0 Å². The Morgan fingerprint density at radius 1 is 0.912 bits per heavy atom. The molecular formula is C25H21N3O5S. The zero-order valence-corrected chi connectivity index (χ0v) is 19.0. The van der Waals surface area contributed by atoms with E-state index in [1.165, 1.54) is 25.3 Å². The van der Waals surface area contributed by atoms with E-state index in [2.05, 4.69) is 10.6 Å². The van der Waals surface area contributed by atoms with Crippen molar-refractivity contribution in [3.05, 3.63) is 95.2 Å². The Hall–Kier alpha value is -4.08. The van der Waals surface area contributed by atoms with Gasteiger partial charge in [-0.25, -0.2) is 13.6 Å². The van der Waals surface area contributed by atoms with Gasteiger partial charge in [0.15, 0.2) is 5.78 Å². The number of hydrogen-bond donors (Lipinski definition) is 3. The molecule has 0 radical (unpaired) electrons. The first-order valence-corrected chi connectivity index (χ1v) is 11.8. The average Bonchev–Trinajstić information content (AvgIpc) is 2.80. The maximum atomic E-state index is 12.6. The quantitative estimate of drug-likeness (QED) is 0.285. The number of amides is 2. The van der Waals surface area contributed by atoms with Crippen LogP contribution in [0.3, 0.4) is 0 Å². The highest BCUT2D eigenvalue weighted by Crippen LogP contribution is 2.29. The van der Waals surface area contributed by atoms with Gasteiger partial charge in [0, 0.05) is 29.4 Å². The van der Waals surface area contributed by atoms with Gasteiger partial charge in [0.05, 0.1) is 10.5 Å². The largest absolute Gasteiger partial charge is 0.386 e. The molecule has 1 aliphatic heterocycles. The molecule has 3 aromatic carbocycles. The molecule has 0 atom stereocenters. The molecule has 1 heterocycles. The lowest BCUT2D eigenvalue weighted by Crippen LogP contribution is -2.37. The summed E-state index contributed by atoms with van der Waals surface area (Å²) in [5.74, 6) is -1.04. The lowest BCUT2D eigenvalue weighted by Gasteiger charge is -2.19. The van der Waals surface area contributed by atoms with Crippen LogP contribution in [0.2, 0.25) is 0 Å². The van der Waals surface area contributed by atoms with Gasteiger partial charge in [-0.15, -0.1) is 0 Å². The number of nitrogens with two attached hydrogens (primary N) is 1. The lowest BCUT2D eigenvalue weighted by atomic mass is 9.91. The van der Waals surface area contributed by atoms with Crippen LogP contribution in [-0.4, -0.2) is 26.0 Å². The van der Waals surface area contributed by atoms with Gasteiger partial charge in [-0.1, -0.05) is 42.5 Å². The number of carbonyl (C=O) groups is 3. The highest BCUT2D eigenvalue weighted by atomic mass is 32.2. The van der Waals surface area contributed by atoms with Gasteiger partial charge in [-0.05, 0) is 47.9 Å². The van der Waals surface area contributed by atoms with Crippen molar-refractivity contribution in [1.29, 1.82) is 0 Å². The van der Waals surface area contributed by atoms with Gasteiger partial charge in [0.25, 0.3) is 11.8 Å². The van der Waals surface area contributed by atoms with E-state index in [4.69, 9.17) is 5.14 Å². The summed E-state index contributed by atoms with van der Waals surface area (Å²) in [7, 11) is -3.77. The fourth-order valence-electron chi connectivity index (χ4n) is 3.61. The minimum absolute atomic E-state index is 0.0116. The number of sulfonamides is 1. The Kier molecular flexibility index (Phi) is 6.14. The molecule has 4 N–H and O–H groups in total. The Morgan fingerprint density at radius 2 is 1.56 bits per heavy atom. The van der Waals surface area contributed by atoms with Crippen LogP contribution in [0.1, 0.15) is 38.8 Å². The average molecular weight is 476 g/mol. The molecular weight excluding hydrogens is 454 g/mol. The molecule has 2 amide bonds.